The number of nitrogens with zero attached hydrogens (tertiary/aromatic N) is 1. The molecule has 5 heteroatoms. The van der Waals surface area contributed by atoms with Crippen LogP contribution in [0.25, 0.3) is 0 Å². The average molecular weight is 246 g/mol. The molecule has 0 radical (unpaired) electrons. The second-order valence-corrected chi connectivity index (χ2v) is 4.13. The Hall–Kier alpha value is -1.23. The smallest absolute Gasteiger partial charge is 0.383 e. The van der Waals surface area contributed by atoms with Crippen molar-refractivity contribution in [2.24, 2.45) is 0 Å². The molecule has 1 atom stereocenters. The molecule has 17 heavy (non-hydrogen) atoms. The van der Waals surface area contributed by atoms with Crippen LogP contribution in [0.2, 0.25) is 0 Å². The van der Waals surface area contributed by atoms with Gasteiger partial charge in [0.05, 0.1) is 6.54 Å². The number of nitrogens with one attached hydrogen (secondary N) is 1. The van der Waals surface area contributed by atoms with E-state index >= 15 is 0 Å². The van der Waals surface area contributed by atoms with E-state index in [2.05, 4.69) is 5.32 Å². The van der Waals surface area contributed by atoms with Gasteiger partial charge >= 0.3 is 6.18 Å². The highest BCUT2D eigenvalue weighted by molar-refractivity contribution is 5.42. The summed E-state index contributed by atoms with van der Waals surface area (Å²) in [5.41, 5.74) is 0.916. The molecule has 0 heterocycles. The molecular weight excluding hydrogens is 229 g/mol. The quantitative estimate of drug-likeness (QED) is 0.859. The number of halogens is 3. The van der Waals surface area contributed by atoms with Gasteiger partial charge in [-0.2, -0.15) is 13.2 Å². The molecule has 0 amide bonds. The minimum atomic E-state index is -4.14. The average Bonchev–Trinajstić information content (AvgIpc) is 2.25. The molecule has 96 valence electrons. The van der Waals surface area contributed by atoms with E-state index in [4.69, 9.17) is 0 Å². The van der Waals surface area contributed by atoms with Gasteiger partial charge in [0.2, 0.25) is 0 Å². The Bertz CT molecular complexity index is 324. The molecule has 0 saturated carbocycles. The van der Waals surface area contributed by atoms with Gasteiger partial charge in [0.15, 0.2) is 0 Å². The number of alkyl halides is 3. The summed E-state index contributed by atoms with van der Waals surface area (Å²) in [4.78, 5) is 1.29. The molecule has 1 unspecified atom stereocenters. The molecule has 0 aliphatic rings. The maximum atomic E-state index is 12.2. The fourth-order valence-electron chi connectivity index (χ4n) is 1.42. The number of para-hydroxylation sites is 1. The third-order valence-corrected chi connectivity index (χ3v) is 2.56. The Labute approximate surface area is 99.4 Å². The maximum absolute atomic E-state index is 12.2. The monoisotopic (exact) mass is 246 g/mol. The van der Waals surface area contributed by atoms with E-state index in [1.54, 1.807) is 6.92 Å². The summed E-state index contributed by atoms with van der Waals surface area (Å²) in [6, 6.07) is 9.24. The minimum absolute atomic E-state index is 0.183. The molecule has 0 aromatic heterocycles. The Morgan fingerprint density at radius 3 is 2.35 bits per heavy atom. The van der Waals surface area contributed by atoms with Crippen molar-refractivity contribution in [1.29, 1.82) is 0 Å². The largest absolute Gasteiger partial charge is 0.401 e. The highest BCUT2D eigenvalue weighted by Gasteiger charge is 2.30. The number of hydrogen-bond acceptors (Lipinski definition) is 2. The van der Waals surface area contributed by atoms with Crippen molar-refractivity contribution in [2.75, 3.05) is 25.5 Å². The van der Waals surface area contributed by atoms with E-state index in [0.717, 1.165) is 5.69 Å². The van der Waals surface area contributed by atoms with Crippen LogP contribution in [-0.2, 0) is 0 Å². The third-order valence-electron chi connectivity index (χ3n) is 2.56. The Balaban J connectivity index is 2.37. The Kier molecular flexibility index (Phi) is 4.81. The molecule has 1 rings (SSSR count). The van der Waals surface area contributed by atoms with Gasteiger partial charge in [-0.05, 0) is 26.1 Å². The predicted octanol–water partition coefficient (Wildman–Crippen LogP) is 2.98. The SMILES string of the molecule is CC(CNc1ccccc1)N(C)CC(F)(F)F. The van der Waals surface area contributed by atoms with Crippen LogP contribution in [0.3, 0.4) is 0 Å². The van der Waals surface area contributed by atoms with E-state index < -0.39 is 12.7 Å². The first-order chi connectivity index (χ1) is 7.88. The van der Waals surface area contributed by atoms with Gasteiger partial charge in [-0.1, -0.05) is 18.2 Å². The van der Waals surface area contributed by atoms with E-state index in [9.17, 15) is 13.2 Å². The van der Waals surface area contributed by atoms with Crippen molar-refractivity contribution in [3.05, 3.63) is 30.3 Å². The molecule has 0 fully saturated rings. The van der Waals surface area contributed by atoms with Gasteiger partial charge in [-0.3, -0.25) is 4.90 Å². The summed E-state index contributed by atoms with van der Waals surface area (Å²) in [6.07, 6.45) is -4.14. The molecule has 0 aliphatic heterocycles. The number of likely N-dealkylation sites (N-methyl/N-ethyl adjacent to an activating group) is 1. The second-order valence-electron chi connectivity index (χ2n) is 4.13. The zero-order chi connectivity index (χ0) is 12.9. The van der Waals surface area contributed by atoms with Crippen LogP contribution in [0.15, 0.2) is 30.3 Å². The summed E-state index contributed by atoms with van der Waals surface area (Å²) >= 11 is 0. The number of benzene rings is 1. The van der Waals surface area contributed by atoms with Crippen molar-refractivity contribution in [1.82, 2.24) is 4.90 Å². The highest BCUT2D eigenvalue weighted by Crippen LogP contribution is 2.17. The summed E-state index contributed by atoms with van der Waals surface area (Å²) in [5, 5.41) is 3.10. The van der Waals surface area contributed by atoms with Crippen molar-refractivity contribution in [3.63, 3.8) is 0 Å². The highest BCUT2D eigenvalue weighted by atomic mass is 19.4. The minimum Gasteiger partial charge on any atom is -0.383 e. The third kappa shape index (κ3) is 5.58. The summed E-state index contributed by atoms with van der Waals surface area (Å²) in [5.74, 6) is 0. The number of anilines is 1. The molecular formula is C12H17F3N2. The normalized spacial score (nSPS) is 13.8. The number of hydrogen-bond donors (Lipinski definition) is 1. The zero-order valence-corrected chi connectivity index (χ0v) is 9.96. The van der Waals surface area contributed by atoms with E-state index in [0.29, 0.717) is 6.54 Å². The predicted molar refractivity (Wildman–Crippen MR) is 63.1 cm³/mol. The maximum Gasteiger partial charge on any atom is 0.401 e. The van der Waals surface area contributed by atoms with E-state index in [-0.39, 0.29) is 6.04 Å². The number of rotatable bonds is 5. The molecule has 1 aromatic carbocycles. The second kappa shape index (κ2) is 5.91. The van der Waals surface area contributed by atoms with Crippen LogP contribution >= 0.6 is 0 Å². The fourth-order valence-corrected chi connectivity index (χ4v) is 1.42. The lowest BCUT2D eigenvalue weighted by atomic mass is 10.2. The molecule has 0 bridgehead atoms. The standard InChI is InChI=1S/C12H17F3N2/c1-10(17(2)9-12(13,14)15)8-16-11-6-4-3-5-7-11/h3-7,10,16H,8-9H2,1-2H3. The summed E-state index contributed by atoms with van der Waals surface area (Å²) in [6.45, 7) is 1.36. The fraction of sp³-hybridized carbons (Fsp3) is 0.500. The first kappa shape index (κ1) is 13.8. The zero-order valence-electron chi connectivity index (χ0n) is 9.96. The molecule has 0 saturated heterocycles. The van der Waals surface area contributed by atoms with Crippen LogP contribution in [0.5, 0.6) is 0 Å². The van der Waals surface area contributed by atoms with Crippen LogP contribution < -0.4 is 5.32 Å². The lowest BCUT2D eigenvalue weighted by molar-refractivity contribution is -0.146. The van der Waals surface area contributed by atoms with Gasteiger partial charge in [0.25, 0.3) is 0 Å². The van der Waals surface area contributed by atoms with Crippen molar-refractivity contribution in [2.45, 2.75) is 19.1 Å². The van der Waals surface area contributed by atoms with Gasteiger partial charge in [0, 0.05) is 18.3 Å². The van der Waals surface area contributed by atoms with Crippen molar-refractivity contribution < 1.29 is 13.2 Å². The van der Waals surface area contributed by atoms with Gasteiger partial charge in [0.1, 0.15) is 0 Å². The van der Waals surface area contributed by atoms with Crippen LogP contribution in [0.4, 0.5) is 18.9 Å². The van der Waals surface area contributed by atoms with Crippen LogP contribution in [0, 0.1) is 0 Å². The Morgan fingerprint density at radius 1 is 1.24 bits per heavy atom. The lowest BCUT2D eigenvalue weighted by Gasteiger charge is -2.26. The summed E-state index contributed by atoms with van der Waals surface area (Å²) in [7, 11) is 1.48. The lowest BCUT2D eigenvalue weighted by Crippen LogP contribution is -2.40. The molecule has 0 aliphatic carbocycles. The van der Waals surface area contributed by atoms with Crippen LogP contribution in [0.1, 0.15) is 6.92 Å². The van der Waals surface area contributed by atoms with Crippen molar-refractivity contribution >= 4 is 5.69 Å². The topological polar surface area (TPSA) is 15.3 Å². The van der Waals surface area contributed by atoms with E-state index in [1.807, 2.05) is 30.3 Å². The molecule has 2 nitrogen and oxygen atoms in total. The van der Waals surface area contributed by atoms with Crippen LogP contribution in [-0.4, -0.2) is 37.3 Å². The van der Waals surface area contributed by atoms with Gasteiger partial charge in [-0.15, -0.1) is 0 Å². The van der Waals surface area contributed by atoms with Gasteiger partial charge in [-0.25, -0.2) is 0 Å². The molecule has 1 N–H and O–H groups in total. The molecule has 1 aromatic rings. The summed E-state index contributed by atoms with van der Waals surface area (Å²) < 4.78 is 36.5. The first-order valence-corrected chi connectivity index (χ1v) is 5.44. The van der Waals surface area contributed by atoms with E-state index in [1.165, 1.54) is 11.9 Å². The Morgan fingerprint density at radius 2 is 1.82 bits per heavy atom. The first-order valence-electron chi connectivity index (χ1n) is 5.44. The molecule has 0 spiro atoms. The van der Waals surface area contributed by atoms with Crippen molar-refractivity contribution in [3.8, 4) is 0 Å². The van der Waals surface area contributed by atoms with Gasteiger partial charge < -0.3 is 5.32 Å².